The van der Waals surface area contributed by atoms with Crippen LogP contribution in [0.5, 0.6) is 11.5 Å². The zero-order valence-electron chi connectivity index (χ0n) is 21.6. The first-order chi connectivity index (χ1) is 17.3. The minimum Gasteiger partial charge on any atom is -0.497 e. The monoisotopic (exact) mass is 488 g/mol. The smallest absolute Gasteiger partial charge is 0.255 e. The second-order valence-electron chi connectivity index (χ2n) is 8.80. The maximum Gasteiger partial charge on any atom is 0.255 e. The Kier molecular flexibility index (Phi) is 7.15. The number of fused-ring (bicyclic) bond motifs is 1. The normalized spacial score (nSPS) is 11.1. The van der Waals surface area contributed by atoms with Crippen molar-refractivity contribution in [1.82, 2.24) is 14.3 Å². The predicted molar refractivity (Wildman–Crippen MR) is 142 cm³/mol. The van der Waals surface area contributed by atoms with Gasteiger partial charge in [0.2, 0.25) is 5.91 Å². The molecule has 36 heavy (non-hydrogen) atoms. The van der Waals surface area contributed by atoms with Crippen molar-refractivity contribution >= 4 is 22.6 Å². The zero-order valence-corrected chi connectivity index (χ0v) is 21.6. The van der Waals surface area contributed by atoms with Crippen molar-refractivity contribution in [1.29, 1.82) is 0 Å². The van der Waals surface area contributed by atoms with Crippen LogP contribution in [0.1, 0.15) is 35.7 Å². The molecule has 2 aromatic heterocycles. The number of benzene rings is 2. The van der Waals surface area contributed by atoms with Crippen LogP contribution < -0.4 is 20.3 Å². The SMILES string of the molecule is CCn1c(=O)c(CCC(=O)Nc2ccc(OC)cc2OC)c(C)c2c(C)nn(-c3cccc(C)c3)c21. The Morgan fingerprint density at radius 3 is 2.50 bits per heavy atom. The van der Waals surface area contributed by atoms with Gasteiger partial charge in [-0.05, 0) is 69.5 Å². The van der Waals surface area contributed by atoms with Gasteiger partial charge in [-0.3, -0.25) is 14.2 Å². The van der Waals surface area contributed by atoms with Gasteiger partial charge in [0.05, 0.1) is 31.3 Å². The van der Waals surface area contributed by atoms with E-state index in [1.165, 1.54) is 7.11 Å². The van der Waals surface area contributed by atoms with E-state index in [9.17, 15) is 9.59 Å². The lowest BCUT2D eigenvalue weighted by Gasteiger charge is -2.15. The predicted octanol–water partition coefficient (Wildman–Crippen LogP) is 4.72. The summed E-state index contributed by atoms with van der Waals surface area (Å²) >= 11 is 0. The lowest BCUT2D eigenvalue weighted by Crippen LogP contribution is -2.27. The zero-order chi connectivity index (χ0) is 26.0. The van der Waals surface area contributed by atoms with E-state index < -0.39 is 0 Å². The number of ether oxygens (including phenoxy) is 2. The minimum atomic E-state index is -0.201. The molecule has 0 fully saturated rings. The summed E-state index contributed by atoms with van der Waals surface area (Å²) in [6.45, 7) is 8.38. The first-order valence-electron chi connectivity index (χ1n) is 12.0. The third-order valence-corrected chi connectivity index (χ3v) is 6.47. The molecule has 8 nitrogen and oxygen atoms in total. The van der Waals surface area contributed by atoms with E-state index in [0.29, 0.717) is 35.7 Å². The number of hydrogen-bond acceptors (Lipinski definition) is 5. The second kappa shape index (κ2) is 10.3. The molecule has 0 radical (unpaired) electrons. The number of amides is 1. The van der Waals surface area contributed by atoms with Crippen molar-refractivity contribution in [3.63, 3.8) is 0 Å². The molecular formula is C28H32N4O4. The summed E-state index contributed by atoms with van der Waals surface area (Å²) in [5.74, 6) is 0.941. The van der Waals surface area contributed by atoms with Crippen LogP contribution in [0.4, 0.5) is 5.69 Å². The summed E-state index contributed by atoms with van der Waals surface area (Å²) in [4.78, 5) is 26.4. The van der Waals surface area contributed by atoms with Crippen LogP contribution in [0.2, 0.25) is 0 Å². The second-order valence-corrected chi connectivity index (χ2v) is 8.80. The first-order valence-corrected chi connectivity index (χ1v) is 12.0. The number of rotatable bonds is 8. The molecule has 2 heterocycles. The Bertz CT molecular complexity index is 1500. The van der Waals surface area contributed by atoms with Crippen molar-refractivity contribution < 1.29 is 14.3 Å². The molecule has 0 atom stereocenters. The lowest BCUT2D eigenvalue weighted by molar-refractivity contribution is -0.116. The Hall–Kier alpha value is -4.07. The molecule has 188 valence electrons. The minimum absolute atomic E-state index is 0.0915. The van der Waals surface area contributed by atoms with E-state index >= 15 is 0 Å². The molecule has 0 unspecified atom stereocenters. The van der Waals surface area contributed by atoms with Gasteiger partial charge in [-0.25, -0.2) is 4.68 Å². The highest BCUT2D eigenvalue weighted by Crippen LogP contribution is 2.30. The molecule has 8 heteroatoms. The van der Waals surface area contributed by atoms with Crippen molar-refractivity contribution in [3.8, 4) is 17.2 Å². The number of carbonyl (C=O) groups excluding carboxylic acids is 1. The number of nitrogens with zero attached hydrogens (tertiary/aromatic N) is 3. The van der Waals surface area contributed by atoms with Gasteiger partial charge in [0.25, 0.3) is 5.56 Å². The number of aryl methyl sites for hydroxylation is 4. The fraction of sp³-hybridized carbons (Fsp3) is 0.321. The Balaban J connectivity index is 1.68. The van der Waals surface area contributed by atoms with Gasteiger partial charge in [0, 0.05) is 30.0 Å². The molecule has 1 N–H and O–H groups in total. The van der Waals surface area contributed by atoms with Gasteiger partial charge in [0.1, 0.15) is 17.1 Å². The molecule has 0 spiro atoms. The van der Waals surface area contributed by atoms with Crippen LogP contribution in [-0.2, 0) is 17.8 Å². The fourth-order valence-corrected chi connectivity index (χ4v) is 4.65. The maximum atomic E-state index is 13.6. The van der Waals surface area contributed by atoms with Gasteiger partial charge < -0.3 is 14.8 Å². The highest BCUT2D eigenvalue weighted by molar-refractivity contribution is 5.93. The summed E-state index contributed by atoms with van der Waals surface area (Å²) in [6.07, 6.45) is 0.478. The molecule has 0 aliphatic rings. The first kappa shape index (κ1) is 25.0. The van der Waals surface area contributed by atoms with Crippen LogP contribution >= 0.6 is 0 Å². The summed E-state index contributed by atoms with van der Waals surface area (Å²) in [5.41, 5.74) is 5.61. The number of anilines is 1. The standard InChI is InChI=1S/C28H32N4O4/c1-7-31-27-26(19(4)30-32(27)20-10-8-9-17(2)15-20)18(3)22(28(31)34)12-14-25(33)29-23-13-11-21(35-5)16-24(23)36-6/h8-11,13,15-16H,7,12,14H2,1-6H3,(H,29,33). The Morgan fingerprint density at radius 2 is 1.83 bits per heavy atom. The topological polar surface area (TPSA) is 87.4 Å². The number of nitrogens with one attached hydrogen (secondary N) is 1. The third kappa shape index (κ3) is 4.58. The highest BCUT2D eigenvalue weighted by atomic mass is 16.5. The molecule has 0 saturated carbocycles. The van der Waals surface area contributed by atoms with Crippen molar-refractivity contribution in [2.45, 2.75) is 47.1 Å². The van der Waals surface area contributed by atoms with E-state index in [4.69, 9.17) is 14.6 Å². The quantitative estimate of drug-likeness (QED) is 0.388. The summed E-state index contributed by atoms with van der Waals surface area (Å²) in [6, 6.07) is 13.3. The van der Waals surface area contributed by atoms with Crippen molar-refractivity contribution in [2.24, 2.45) is 0 Å². The van der Waals surface area contributed by atoms with Crippen LogP contribution in [0, 0.1) is 20.8 Å². The highest BCUT2D eigenvalue weighted by Gasteiger charge is 2.21. The lowest BCUT2D eigenvalue weighted by atomic mass is 10.0. The van der Waals surface area contributed by atoms with E-state index in [1.807, 2.05) is 50.6 Å². The van der Waals surface area contributed by atoms with Crippen LogP contribution in [0.3, 0.4) is 0 Å². The number of hydrogen-bond donors (Lipinski definition) is 1. The Morgan fingerprint density at radius 1 is 1.06 bits per heavy atom. The number of methoxy groups -OCH3 is 2. The van der Waals surface area contributed by atoms with Gasteiger partial charge >= 0.3 is 0 Å². The van der Waals surface area contributed by atoms with E-state index in [0.717, 1.165) is 33.5 Å². The molecule has 1 amide bonds. The van der Waals surface area contributed by atoms with Crippen molar-refractivity contribution in [2.75, 3.05) is 19.5 Å². The molecule has 0 aliphatic carbocycles. The molecule has 0 saturated heterocycles. The van der Waals surface area contributed by atoms with Gasteiger partial charge in [-0.15, -0.1) is 0 Å². The molecular weight excluding hydrogens is 456 g/mol. The maximum absolute atomic E-state index is 13.6. The molecule has 0 bridgehead atoms. The molecule has 0 aliphatic heterocycles. The third-order valence-electron chi connectivity index (χ3n) is 6.47. The van der Waals surface area contributed by atoms with Gasteiger partial charge in [-0.2, -0.15) is 5.10 Å². The Labute approximate surface area is 210 Å². The largest absolute Gasteiger partial charge is 0.497 e. The van der Waals surface area contributed by atoms with Crippen molar-refractivity contribution in [3.05, 3.63) is 75.2 Å². The van der Waals surface area contributed by atoms with Gasteiger partial charge in [-0.1, -0.05) is 12.1 Å². The molecule has 4 rings (SSSR count). The van der Waals surface area contributed by atoms with Crippen LogP contribution in [0.25, 0.3) is 16.7 Å². The van der Waals surface area contributed by atoms with E-state index in [1.54, 1.807) is 29.9 Å². The number of carbonyl (C=O) groups is 1. The summed E-state index contributed by atoms with van der Waals surface area (Å²) < 4.78 is 14.2. The molecule has 2 aromatic carbocycles. The molecule has 4 aromatic rings. The van der Waals surface area contributed by atoms with Gasteiger partial charge in [0.15, 0.2) is 0 Å². The summed E-state index contributed by atoms with van der Waals surface area (Å²) in [7, 11) is 3.11. The van der Waals surface area contributed by atoms with E-state index in [-0.39, 0.29) is 17.9 Å². The average molecular weight is 489 g/mol. The number of pyridine rings is 1. The van der Waals surface area contributed by atoms with Crippen LogP contribution in [0.15, 0.2) is 47.3 Å². The summed E-state index contributed by atoms with van der Waals surface area (Å²) in [5, 5.41) is 8.63. The van der Waals surface area contributed by atoms with E-state index in [2.05, 4.69) is 11.4 Å². The fourth-order valence-electron chi connectivity index (χ4n) is 4.65. The van der Waals surface area contributed by atoms with Crippen LogP contribution in [-0.4, -0.2) is 34.5 Å². The average Bonchev–Trinajstić information content (AvgIpc) is 3.21. The number of aromatic nitrogens is 3.